The zero-order valence-corrected chi connectivity index (χ0v) is 19.7. The lowest BCUT2D eigenvalue weighted by Crippen LogP contribution is -2.53. The van der Waals surface area contributed by atoms with Crippen molar-refractivity contribution in [2.24, 2.45) is 46.3 Å². The Kier molecular flexibility index (Phi) is 6.01. The van der Waals surface area contributed by atoms with Gasteiger partial charge in [0.1, 0.15) is 6.10 Å². The predicted molar refractivity (Wildman–Crippen MR) is 120 cm³/mol. The van der Waals surface area contributed by atoms with Crippen LogP contribution in [-0.4, -0.2) is 22.4 Å². The predicted octanol–water partition coefficient (Wildman–Crippen LogP) is 6.36. The Labute approximate surface area is 179 Å². The highest BCUT2D eigenvalue weighted by Crippen LogP contribution is 2.67. The average molecular weight is 403 g/mol. The van der Waals surface area contributed by atoms with Crippen LogP contribution in [0.5, 0.6) is 0 Å². The van der Waals surface area contributed by atoms with E-state index in [-0.39, 0.29) is 5.41 Å². The number of hydrogen-bond acceptors (Lipinski definition) is 2. The first-order valence-corrected chi connectivity index (χ1v) is 12.7. The van der Waals surface area contributed by atoms with Crippen molar-refractivity contribution < 1.29 is 10.2 Å². The van der Waals surface area contributed by atoms with Gasteiger partial charge in [-0.05, 0) is 96.9 Å². The van der Waals surface area contributed by atoms with Gasteiger partial charge in [-0.3, -0.25) is 0 Å². The van der Waals surface area contributed by atoms with Crippen molar-refractivity contribution in [2.45, 2.75) is 111 Å². The van der Waals surface area contributed by atoms with Crippen molar-refractivity contribution in [3.8, 4) is 0 Å². The maximum atomic E-state index is 10.7. The molecule has 2 heteroatoms. The lowest BCUT2D eigenvalue weighted by Gasteiger charge is -2.59. The van der Waals surface area contributed by atoms with Gasteiger partial charge in [0.25, 0.3) is 0 Å². The van der Waals surface area contributed by atoms with Gasteiger partial charge in [-0.25, -0.2) is 0 Å². The molecule has 0 spiro atoms. The molecule has 2 nitrogen and oxygen atoms in total. The number of aliphatic hydroxyl groups is 2. The standard InChI is InChI=1S/C27H46O2/c1-17(2)7-6-8-18(3)20-11-12-21-19-9-10-23-25(29)24(28)14-16-27(23,5)22(19)13-15-26(20,21)4/h10,17-22,24-25,28-29H,6-9,11-16H2,1-5H3/t18-,19+,20?,21?,22?,24+,25-,26-,27-/m1/s1. The topological polar surface area (TPSA) is 40.5 Å². The number of allylic oxidation sites excluding steroid dienone is 1. The molecule has 4 rings (SSSR count). The van der Waals surface area contributed by atoms with Gasteiger partial charge in [-0.1, -0.05) is 60.0 Å². The first kappa shape index (κ1) is 21.9. The molecule has 3 fully saturated rings. The van der Waals surface area contributed by atoms with Crippen molar-refractivity contribution in [2.75, 3.05) is 0 Å². The summed E-state index contributed by atoms with van der Waals surface area (Å²) >= 11 is 0. The van der Waals surface area contributed by atoms with Gasteiger partial charge in [0.2, 0.25) is 0 Å². The fourth-order valence-electron chi connectivity index (χ4n) is 8.74. The van der Waals surface area contributed by atoms with Crippen LogP contribution in [0.25, 0.3) is 0 Å². The molecule has 0 radical (unpaired) electrons. The smallest absolute Gasteiger partial charge is 0.101 e. The average Bonchev–Trinajstić information content (AvgIpc) is 3.02. The van der Waals surface area contributed by atoms with Crippen LogP contribution in [0.1, 0.15) is 98.8 Å². The second-order valence-electron chi connectivity index (χ2n) is 12.3. The summed E-state index contributed by atoms with van der Waals surface area (Å²) in [4.78, 5) is 0. The van der Waals surface area contributed by atoms with Gasteiger partial charge in [0, 0.05) is 0 Å². The van der Waals surface area contributed by atoms with E-state index in [1.807, 2.05) is 0 Å². The highest BCUT2D eigenvalue weighted by molar-refractivity contribution is 5.29. The fourth-order valence-corrected chi connectivity index (χ4v) is 8.74. The normalized spacial score (nSPS) is 47.9. The van der Waals surface area contributed by atoms with Crippen molar-refractivity contribution in [3.63, 3.8) is 0 Å². The first-order chi connectivity index (χ1) is 13.7. The Hall–Kier alpha value is -0.340. The summed E-state index contributed by atoms with van der Waals surface area (Å²) in [5.41, 5.74) is 1.81. The number of hydrogen-bond donors (Lipinski definition) is 2. The van der Waals surface area contributed by atoms with Gasteiger partial charge in [-0.2, -0.15) is 0 Å². The molecule has 9 atom stereocenters. The maximum Gasteiger partial charge on any atom is 0.101 e. The molecule has 0 aromatic rings. The van der Waals surface area contributed by atoms with Crippen LogP contribution < -0.4 is 0 Å². The highest BCUT2D eigenvalue weighted by atomic mass is 16.3. The summed E-state index contributed by atoms with van der Waals surface area (Å²) < 4.78 is 0. The third-order valence-electron chi connectivity index (χ3n) is 10.4. The van der Waals surface area contributed by atoms with Crippen LogP contribution in [0, 0.1) is 46.3 Å². The zero-order valence-electron chi connectivity index (χ0n) is 19.7. The van der Waals surface area contributed by atoms with Crippen molar-refractivity contribution in [1.82, 2.24) is 0 Å². The molecule has 3 unspecified atom stereocenters. The molecule has 166 valence electrons. The van der Waals surface area contributed by atoms with E-state index in [9.17, 15) is 10.2 Å². The molecule has 0 amide bonds. The second-order valence-corrected chi connectivity index (χ2v) is 12.3. The fraction of sp³-hybridized carbons (Fsp3) is 0.926. The third kappa shape index (κ3) is 3.55. The van der Waals surface area contributed by atoms with E-state index in [2.05, 4.69) is 40.7 Å². The molecule has 0 heterocycles. The Balaban J connectivity index is 1.51. The molecular formula is C27H46O2. The van der Waals surface area contributed by atoms with E-state index >= 15 is 0 Å². The Morgan fingerprint density at radius 2 is 1.72 bits per heavy atom. The monoisotopic (exact) mass is 402 g/mol. The van der Waals surface area contributed by atoms with E-state index < -0.39 is 12.2 Å². The lowest BCUT2D eigenvalue weighted by atomic mass is 9.46. The van der Waals surface area contributed by atoms with Crippen molar-refractivity contribution in [3.05, 3.63) is 11.6 Å². The van der Waals surface area contributed by atoms with Crippen LogP contribution in [0.4, 0.5) is 0 Å². The molecule has 29 heavy (non-hydrogen) atoms. The SMILES string of the molecule is CC(C)CCC[C@@H](C)C1CCC2[C@@H]3CC=C4[C@@H](O)[C@@H](O)CC[C@]4(C)C3CC[C@@]21C. The number of rotatable bonds is 5. The molecule has 2 N–H and O–H groups in total. The van der Waals surface area contributed by atoms with E-state index in [1.165, 1.54) is 50.5 Å². The molecule has 0 aliphatic heterocycles. The van der Waals surface area contributed by atoms with Gasteiger partial charge in [0.15, 0.2) is 0 Å². The van der Waals surface area contributed by atoms with E-state index in [4.69, 9.17) is 0 Å². The molecule has 4 aliphatic rings. The van der Waals surface area contributed by atoms with Gasteiger partial charge in [0.05, 0.1) is 6.10 Å². The van der Waals surface area contributed by atoms with E-state index in [1.54, 1.807) is 0 Å². The van der Waals surface area contributed by atoms with Crippen molar-refractivity contribution in [1.29, 1.82) is 0 Å². The maximum absolute atomic E-state index is 10.7. The van der Waals surface area contributed by atoms with Crippen LogP contribution in [-0.2, 0) is 0 Å². The molecule has 3 saturated carbocycles. The molecule has 0 bridgehead atoms. The van der Waals surface area contributed by atoms with Crippen LogP contribution in [0.15, 0.2) is 11.6 Å². The van der Waals surface area contributed by atoms with Crippen LogP contribution >= 0.6 is 0 Å². The van der Waals surface area contributed by atoms with E-state index in [0.29, 0.717) is 11.3 Å². The minimum Gasteiger partial charge on any atom is -0.390 e. The van der Waals surface area contributed by atoms with Gasteiger partial charge < -0.3 is 10.2 Å². The highest BCUT2D eigenvalue weighted by Gasteiger charge is 2.60. The first-order valence-electron chi connectivity index (χ1n) is 12.7. The largest absolute Gasteiger partial charge is 0.390 e. The van der Waals surface area contributed by atoms with Gasteiger partial charge in [-0.15, -0.1) is 0 Å². The summed E-state index contributed by atoms with van der Waals surface area (Å²) in [6.07, 6.45) is 13.9. The number of aliphatic hydroxyl groups excluding tert-OH is 2. The summed E-state index contributed by atoms with van der Waals surface area (Å²) in [5.74, 6) is 4.95. The summed E-state index contributed by atoms with van der Waals surface area (Å²) in [5, 5.41) is 20.9. The molecule has 0 aromatic carbocycles. The van der Waals surface area contributed by atoms with Crippen molar-refractivity contribution >= 4 is 0 Å². The van der Waals surface area contributed by atoms with Crippen LogP contribution in [0.2, 0.25) is 0 Å². The Morgan fingerprint density at radius 3 is 2.45 bits per heavy atom. The van der Waals surface area contributed by atoms with Crippen LogP contribution in [0.3, 0.4) is 0 Å². The molecule has 0 aromatic heterocycles. The Morgan fingerprint density at radius 1 is 0.966 bits per heavy atom. The summed E-state index contributed by atoms with van der Waals surface area (Å²) in [6.45, 7) is 12.3. The summed E-state index contributed by atoms with van der Waals surface area (Å²) in [6, 6.07) is 0. The minimum absolute atomic E-state index is 0.115. The lowest BCUT2D eigenvalue weighted by molar-refractivity contribution is -0.0801. The molecule has 0 saturated heterocycles. The number of fused-ring (bicyclic) bond motifs is 5. The van der Waals surface area contributed by atoms with E-state index in [0.717, 1.165) is 48.9 Å². The third-order valence-corrected chi connectivity index (χ3v) is 10.4. The molecule has 4 aliphatic carbocycles. The van der Waals surface area contributed by atoms with Gasteiger partial charge >= 0.3 is 0 Å². The second kappa shape index (κ2) is 7.97. The Bertz CT molecular complexity index is 624. The quantitative estimate of drug-likeness (QED) is 0.525. The minimum atomic E-state index is -0.625. The molecular weight excluding hydrogens is 356 g/mol. The zero-order chi connectivity index (χ0) is 21.0. The summed E-state index contributed by atoms with van der Waals surface area (Å²) in [7, 11) is 0.